The van der Waals surface area contributed by atoms with Gasteiger partial charge >= 0.3 is 0 Å². The normalized spacial score (nSPS) is 10.7. The summed E-state index contributed by atoms with van der Waals surface area (Å²) in [6.45, 7) is 5.67. The average molecular weight is 262 g/mol. The van der Waals surface area contributed by atoms with Crippen LogP contribution in [0.5, 0.6) is 5.75 Å². The van der Waals surface area contributed by atoms with Crippen molar-refractivity contribution >= 4 is 11.6 Å². The minimum absolute atomic E-state index is 0.261. The Morgan fingerprint density at radius 2 is 2.16 bits per heavy atom. The molecule has 19 heavy (non-hydrogen) atoms. The number of nitrogens with zero attached hydrogens (tertiary/aromatic N) is 1. The SMILES string of the molecule is CCOC(C)(C)C(=O)Nc1ccc(OC)c(C#N)c1. The fourth-order valence-electron chi connectivity index (χ4n) is 1.58. The van der Waals surface area contributed by atoms with Crippen LogP contribution in [0.15, 0.2) is 18.2 Å². The number of amides is 1. The van der Waals surface area contributed by atoms with Gasteiger partial charge in [-0.15, -0.1) is 0 Å². The van der Waals surface area contributed by atoms with Crippen molar-refractivity contribution in [2.24, 2.45) is 0 Å². The lowest BCUT2D eigenvalue weighted by Crippen LogP contribution is -2.39. The van der Waals surface area contributed by atoms with Crippen LogP contribution in [0.3, 0.4) is 0 Å². The van der Waals surface area contributed by atoms with E-state index in [2.05, 4.69) is 5.32 Å². The second kappa shape index (κ2) is 6.21. The van der Waals surface area contributed by atoms with Gasteiger partial charge in [0.1, 0.15) is 17.4 Å². The number of rotatable bonds is 5. The molecule has 0 aromatic heterocycles. The molecule has 0 radical (unpaired) electrons. The number of nitriles is 1. The van der Waals surface area contributed by atoms with Crippen LogP contribution in [-0.2, 0) is 9.53 Å². The zero-order valence-electron chi connectivity index (χ0n) is 11.6. The summed E-state index contributed by atoms with van der Waals surface area (Å²) in [5.41, 5.74) is -0.00812. The molecule has 5 nitrogen and oxygen atoms in total. The molecule has 102 valence electrons. The first-order valence-electron chi connectivity index (χ1n) is 5.98. The van der Waals surface area contributed by atoms with E-state index in [0.29, 0.717) is 23.6 Å². The van der Waals surface area contributed by atoms with Crippen molar-refractivity contribution in [3.63, 3.8) is 0 Å². The van der Waals surface area contributed by atoms with Gasteiger partial charge in [0.05, 0.1) is 12.7 Å². The number of carbonyl (C=O) groups excluding carboxylic acids is 1. The molecule has 0 aliphatic rings. The highest BCUT2D eigenvalue weighted by Gasteiger charge is 2.28. The highest BCUT2D eigenvalue weighted by molar-refractivity contribution is 5.96. The summed E-state index contributed by atoms with van der Waals surface area (Å²) in [6, 6.07) is 6.91. The van der Waals surface area contributed by atoms with Crippen LogP contribution in [0.4, 0.5) is 5.69 Å². The Kier molecular flexibility index (Phi) is 4.90. The molecular weight excluding hydrogens is 244 g/mol. The quantitative estimate of drug-likeness (QED) is 0.884. The standard InChI is InChI=1S/C14H18N2O3/c1-5-19-14(2,3)13(17)16-11-6-7-12(18-4)10(8-11)9-15/h6-8H,5H2,1-4H3,(H,16,17). The van der Waals surface area contributed by atoms with Crippen molar-refractivity contribution in [2.45, 2.75) is 26.4 Å². The van der Waals surface area contributed by atoms with Gasteiger partial charge in [0, 0.05) is 12.3 Å². The summed E-state index contributed by atoms with van der Waals surface area (Å²) in [5, 5.41) is 11.7. The minimum atomic E-state index is -0.915. The molecule has 0 fully saturated rings. The summed E-state index contributed by atoms with van der Waals surface area (Å²) in [4.78, 5) is 12.0. The molecular formula is C14H18N2O3. The molecule has 0 heterocycles. The van der Waals surface area contributed by atoms with Gasteiger partial charge in [-0.1, -0.05) is 0 Å². The first kappa shape index (κ1) is 15.0. The lowest BCUT2D eigenvalue weighted by Gasteiger charge is -2.23. The summed E-state index contributed by atoms with van der Waals surface area (Å²) in [6.07, 6.45) is 0. The third-order valence-electron chi connectivity index (χ3n) is 2.63. The number of benzene rings is 1. The molecule has 1 amide bonds. The van der Waals surface area contributed by atoms with Gasteiger partial charge in [-0.05, 0) is 39.0 Å². The van der Waals surface area contributed by atoms with Crippen LogP contribution in [0, 0.1) is 11.3 Å². The van der Waals surface area contributed by atoms with Crippen molar-refractivity contribution < 1.29 is 14.3 Å². The lowest BCUT2D eigenvalue weighted by atomic mass is 10.1. The fourth-order valence-corrected chi connectivity index (χ4v) is 1.58. The minimum Gasteiger partial charge on any atom is -0.495 e. The number of hydrogen-bond acceptors (Lipinski definition) is 4. The molecule has 1 N–H and O–H groups in total. The summed E-state index contributed by atoms with van der Waals surface area (Å²) >= 11 is 0. The number of carbonyl (C=O) groups is 1. The third kappa shape index (κ3) is 3.70. The molecule has 0 saturated heterocycles. The van der Waals surface area contributed by atoms with Crippen molar-refractivity contribution in [1.29, 1.82) is 5.26 Å². The Hall–Kier alpha value is -2.06. The molecule has 0 bridgehead atoms. The van der Waals surface area contributed by atoms with Gasteiger partial charge in [-0.25, -0.2) is 0 Å². The molecule has 0 saturated carbocycles. The van der Waals surface area contributed by atoms with E-state index in [0.717, 1.165) is 0 Å². The van der Waals surface area contributed by atoms with Crippen LogP contribution in [0.1, 0.15) is 26.3 Å². The Bertz CT molecular complexity index is 504. The highest BCUT2D eigenvalue weighted by Crippen LogP contribution is 2.22. The monoisotopic (exact) mass is 262 g/mol. The number of anilines is 1. The van der Waals surface area contributed by atoms with Crippen molar-refractivity contribution in [3.05, 3.63) is 23.8 Å². The zero-order chi connectivity index (χ0) is 14.5. The van der Waals surface area contributed by atoms with Gasteiger partial charge in [-0.3, -0.25) is 4.79 Å². The molecule has 1 aromatic carbocycles. The Morgan fingerprint density at radius 1 is 1.47 bits per heavy atom. The van der Waals surface area contributed by atoms with E-state index < -0.39 is 5.60 Å². The number of methoxy groups -OCH3 is 1. The predicted octanol–water partition coefficient (Wildman–Crippen LogP) is 2.32. The molecule has 0 atom stereocenters. The molecule has 1 aromatic rings. The van der Waals surface area contributed by atoms with Crippen LogP contribution in [0.25, 0.3) is 0 Å². The van der Waals surface area contributed by atoms with E-state index in [1.807, 2.05) is 13.0 Å². The van der Waals surface area contributed by atoms with Crippen LogP contribution < -0.4 is 10.1 Å². The summed E-state index contributed by atoms with van der Waals surface area (Å²) in [5.74, 6) is 0.216. The van der Waals surface area contributed by atoms with E-state index in [-0.39, 0.29) is 5.91 Å². The number of ether oxygens (including phenoxy) is 2. The molecule has 0 spiro atoms. The first-order valence-corrected chi connectivity index (χ1v) is 5.98. The maximum Gasteiger partial charge on any atom is 0.256 e. The van der Waals surface area contributed by atoms with Crippen molar-refractivity contribution in [1.82, 2.24) is 0 Å². The molecule has 5 heteroatoms. The largest absolute Gasteiger partial charge is 0.495 e. The zero-order valence-corrected chi connectivity index (χ0v) is 11.6. The number of hydrogen-bond donors (Lipinski definition) is 1. The van der Waals surface area contributed by atoms with Gasteiger partial charge in [0.2, 0.25) is 0 Å². The van der Waals surface area contributed by atoms with Crippen molar-refractivity contribution in [2.75, 3.05) is 19.0 Å². The second-order valence-corrected chi connectivity index (χ2v) is 4.42. The smallest absolute Gasteiger partial charge is 0.256 e. The topological polar surface area (TPSA) is 71.3 Å². The fraction of sp³-hybridized carbons (Fsp3) is 0.429. The van der Waals surface area contributed by atoms with E-state index in [4.69, 9.17) is 14.7 Å². The highest BCUT2D eigenvalue weighted by atomic mass is 16.5. The molecule has 1 rings (SSSR count). The maximum atomic E-state index is 12.0. The van der Waals surface area contributed by atoms with E-state index in [9.17, 15) is 4.79 Å². The molecule has 0 aliphatic heterocycles. The Balaban J connectivity index is 2.89. The molecule has 0 unspecified atom stereocenters. The van der Waals surface area contributed by atoms with E-state index in [1.54, 1.807) is 32.0 Å². The van der Waals surface area contributed by atoms with Gasteiger partial charge in [-0.2, -0.15) is 5.26 Å². The van der Waals surface area contributed by atoms with Crippen LogP contribution in [0.2, 0.25) is 0 Å². The van der Waals surface area contributed by atoms with Gasteiger partial charge in [0.25, 0.3) is 5.91 Å². The van der Waals surface area contributed by atoms with E-state index in [1.165, 1.54) is 7.11 Å². The number of nitrogens with one attached hydrogen (secondary N) is 1. The van der Waals surface area contributed by atoms with Gasteiger partial charge in [0.15, 0.2) is 0 Å². The van der Waals surface area contributed by atoms with Gasteiger partial charge < -0.3 is 14.8 Å². The van der Waals surface area contributed by atoms with E-state index >= 15 is 0 Å². The summed E-state index contributed by atoms with van der Waals surface area (Å²) < 4.78 is 10.4. The lowest BCUT2D eigenvalue weighted by molar-refractivity contribution is -0.136. The third-order valence-corrected chi connectivity index (χ3v) is 2.63. The Labute approximate surface area is 113 Å². The summed E-state index contributed by atoms with van der Waals surface area (Å²) in [7, 11) is 1.49. The predicted molar refractivity (Wildman–Crippen MR) is 72.0 cm³/mol. The average Bonchev–Trinajstić information content (AvgIpc) is 2.38. The van der Waals surface area contributed by atoms with Crippen LogP contribution >= 0.6 is 0 Å². The van der Waals surface area contributed by atoms with Crippen molar-refractivity contribution in [3.8, 4) is 11.8 Å². The second-order valence-electron chi connectivity index (χ2n) is 4.42. The maximum absolute atomic E-state index is 12.0. The molecule has 0 aliphatic carbocycles. The first-order chi connectivity index (χ1) is 8.94. The van der Waals surface area contributed by atoms with Crippen LogP contribution in [-0.4, -0.2) is 25.2 Å². The Morgan fingerprint density at radius 3 is 2.68 bits per heavy atom.